The maximum absolute atomic E-state index is 12.8. The molecule has 0 aliphatic rings. The standard InChI is InChI=1S/C28H23ClN2O4/c1-18-6-5-8-21(16-18)28(33)35-26-15-10-20-7-3-4-9-24(20)25(26)17-30-31-27(32)19(2)34-23-13-11-22(29)12-14-23/h3-17,19H,1-2H3,(H,31,32)/b30-17-/t19-/m1/s1. The SMILES string of the molecule is Cc1cccc(C(=O)Oc2ccc3ccccc3c2/C=N\NC(=O)[C@@H](C)Oc2ccc(Cl)cc2)c1. The van der Waals surface area contributed by atoms with Crippen molar-refractivity contribution < 1.29 is 19.1 Å². The van der Waals surface area contributed by atoms with Gasteiger partial charge in [-0.2, -0.15) is 5.10 Å². The largest absolute Gasteiger partial charge is 0.481 e. The summed E-state index contributed by atoms with van der Waals surface area (Å²) >= 11 is 5.88. The van der Waals surface area contributed by atoms with Gasteiger partial charge in [-0.1, -0.05) is 59.6 Å². The zero-order chi connectivity index (χ0) is 24.8. The number of rotatable bonds is 7. The second-order valence-corrected chi connectivity index (χ2v) is 8.34. The molecule has 4 rings (SSSR count). The summed E-state index contributed by atoms with van der Waals surface area (Å²) in [5, 5.41) is 6.45. The van der Waals surface area contributed by atoms with E-state index in [0.29, 0.717) is 27.6 Å². The predicted octanol–water partition coefficient (Wildman–Crippen LogP) is 5.94. The normalized spacial score (nSPS) is 11.9. The number of amides is 1. The summed E-state index contributed by atoms with van der Waals surface area (Å²) in [4.78, 5) is 25.2. The molecule has 1 amide bonds. The molecule has 6 nitrogen and oxygen atoms in total. The molecule has 0 spiro atoms. The summed E-state index contributed by atoms with van der Waals surface area (Å²) in [5.74, 6) is -0.0681. The highest BCUT2D eigenvalue weighted by Gasteiger charge is 2.16. The number of hydrogen-bond donors (Lipinski definition) is 1. The molecule has 4 aromatic rings. The van der Waals surface area contributed by atoms with E-state index >= 15 is 0 Å². The lowest BCUT2D eigenvalue weighted by Gasteiger charge is -2.13. The number of hydrazone groups is 1. The van der Waals surface area contributed by atoms with Gasteiger partial charge in [0.2, 0.25) is 0 Å². The summed E-state index contributed by atoms with van der Waals surface area (Å²) in [6, 6.07) is 25.1. The zero-order valence-corrected chi connectivity index (χ0v) is 20.0. The zero-order valence-electron chi connectivity index (χ0n) is 19.2. The van der Waals surface area contributed by atoms with Crippen LogP contribution in [0.1, 0.15) is 28.4 Å². The van der Waals surface area contributed by atoms with Crippen LogP contribution in [0, 0.1) is 6.92 Å². The Kier molecular flexibility index (Phi) is 7.43. The molecule has 0 saturated carbocycles. The van der Waals surface area contributed by atoms with E-state index in [-0.39, 0.29) is 0 Å². The molecule has 0 unspecified atom stereocenters. The van der Waals surface area contributed by atoms with Crippen molar-refractivity contribution in [2.75, 3.05) is 0 Å². The molecule has 4 aromatic carbocycles. The summed E-state index contributed by atoms with van der Waals surface area (Å²) in [5.41, 5.74) is 4.45. The number of halogens is 1. The number of nitrogens with zero attached hydrogens (tertiary/aromatic N) is 1. The average Bonchev–Trinajstić information content (AvgIpc) is 2.86. The van der Waals surface area contributed by atoms with Crippen molar-refractivity contribution in [3.63, 3.8) is 0 Å². The van der Waals surface area contributed by atoms with E-state index in [4.69, 9.17) is 21.1 Å². The topological polar surface area (TPSA) is 77.0 Å². The summed E-state index contributed by atoms with van der Waals surface area (Å²) < 4.78 is 11.3. The second kappa shape index (κ2) is 10.8. The van der Waals surface area contributed by atoms with E-state index in [0.717, 1.165) is 16.3 Å². The molecule has 1 atom stereocenters. The molecular formula is C28H23ClN2O4. The quantitative estimate of drug-likeness (QED) is 0.152. The van der Waals surface area contributed by atoms with Crippen LogP contribution in [0.2, 0.25) is 5.02 Å². The third kappa shape index (κ3) is 6.05. The first kappa shape index (κ1) is 24.0. The lowest BCUT2D eigenvalue weighted by Crippen LogP contribution is -2.33. The molecule has 0 aromatic heterocycles. The van der Waals surface area contributed by atoms with Crippen molar-refractivity contribution in [3.05, 3.63) is 107 Å². The second-order valence-electron chi connectivity index (χ2n) is 7.91. The van der Waals surface area contributed by atoms with E-state index in [9.17, 15) is 9.59 Å². The average molecular weight is 487 g/mol. The minimum Gasteiger partial charge on any atom is -0.481 e. The van der Waals surface area contributed by atoms with Crippen LogP contribution in [0.5, 0.6) is 11.5 Å². The van der Waals surface area contributed by atoms with Crippen molar-refractivity contribution in [1.82, 2.24) is 5.43 Å². The number of carbonyl (C=O) groups excluding carboxylic acids is 2. The fourth-order valence-electron chi connectivity index (χ4n) is 3.45. The fraction of sp³-hybridized carbons (Fsp3) is 0.107. The number of fused-ring (bicyclic) bond motifs is 1. The first-order valence-electron chi connectivity index (χ1n) is 11.0. The Bertz CT molecular complexity index is 1400. The monoisotopic (exact) mass is 486 g/mol. The number of aryl methyl sites for hydroxylation is 1. The molecule has 0 bridgehead atoms. The number of hydrogen-bond acceptors (Lipinski definition) is 5. The van der Waals surface area contributed by atoms with Gasteiger partial charge >= 0.3 is 5.97 Å². The molecule has 0 radical (unpaired) electrons. The molecule has 7 heteroatoms. The Morgan fingerprint density at radius 3 is 2.51 bits per heavy atom. The molecule has 1 N–H and O–H groups in total. The van der Waals surface area contributed by atoms with Crippen LogP contribution in [0.25, 0.3) is 10.8 Å². The van der Waals surface area contributed by atoms with Crippen LogP contribution in [-0.4, -0.2) is 24.2 Å². The highest BCUT2D eigenvalue weighted by atomic mass is 35.5. The number of esters is 1. The smallest absolute Gasteiger partial charge is 0.343 e. The van der Waals surface area contributed by atoms with Gasteiger partial charge in [-0.15, -0.1) is 0 Å². The molecule has 0 fully saturated rings. The van der Waals surface area contributed by atoms with E-state index in [1.807, 2.05) is 43.3 Å². The van der Waals surface area contributed by atoms with Gasteiger partial charge in [0.25, 0.3) is 5.91 Å². The van der Waals surface area contributed by atoms with E-state index in [1.165, 1.54) is 6.21 Å². The third-order valence-electron chi connectivity index (χ3n) is 5.25. The van der Waals surface area contributed by atoms with Crippen LogP contribution in [0.4, 0.5) is 0 Å². The van der Waals surface area contributed by atoms with Gasteiger partial charge in [0.05, 0.1) is 11.8 Å². The number of carbonyl (C=O) groups is 2. The Balaban J connectivity index is 1.53. The van der Waals surface area contributed by atoms with Crippen molar-refractivity contribution in [2.45, 2.75) is 20.0 Å². The third-order valence-corrected chi connectivity index (χ3v) is 5.50. The molecular weight excluding hydrogens is 464 g/mol. The van der Waals surface area contributed by atoms with Crippen LogP contribution in [-0.2, 0) is 4.79 Å². The number of nitrogens with one attached hydrogen (secondary N) is 1. The highest BCUT2D eigenvalue weighted by Crippen LogP contribution is 2.27. The van der Waals surface area contributed by atoms with Crippen LogP contribution in [0.15, 0.2) is 90.0 Å². The van der Waals surface area contributed by atoms with E-state index in [1.54, 1.807) is 55.5 Å². The summed E-state index contributed by atoms with van der Waals surface area (Å²) in [6.45, 7) is 3.53. The van der Waals surface area contributed by atoms with Crippen molar-refractivity contribution in [1.29, 1.82) is 0 Å². The van der Waals surface area contributed by atoms with Gasteiger partial charge in [0.1, 0.15) is 11.5 Å². The highest BCUT2D eigenvalue weighted by molar-refractivity contribution is 6.30. The van der Waals surface area contributed by atoms with Crippen LogP contribution in [0.3, 0.4) is 0 Å². The molecule has 0 heterocycles. The van der Waals surface area contributed by atoms with Gasteiger partial charge in [-0.3, -0.25) is 4.79 Å². The predicted molar refractivity (Wildman–Crippen MR) is 137 cm³/mol. The number of ether oxygens (including phenoxy) is 2. The molecule has 35 heavy (non-hydrogen) atoms. The number of benzene rings is 4. The maximum atomic E-state index is 12.8. The van der Waals surface area contributed by atoms with Gasteiger partial charge in [0, 0.05) is 10.6 Å². The van der Waals surface area contributed by atoms with Gasteiger partial charge in [-0.25, -0.2) is 10.2 Å². The van der Waals surface area contributed by atoms with Crippen molar-refractivity contribution >= 4 is 40.5 Å². The Morgan fingerprint density at radius 1 is 0.971 bits per heavy atom. The van der Waals surface area contributed by atoms with Crippen molar-refractivity contribution in [3.8, 4) is 11.5 Å². The van der Waals surface area contributed by atoms with Crippen LogP contribution < -0.4 is 14.9 Å². The van der Waals surface area contributed by atoms with Crippen molar-refractivity contribution in [2.24, 2.45) is 5.10 Å². The maximum Gasteiger partial charge on any atom is 0.343 e. The molecule has 176 valence electrons. The summed E-state index contributed by atoms with van der Waals surface area (Å²) in [7, 11) is 0. The fourth-order valence-corrected chi connectivity index (χ4v) is 3.58. The van der Waals surface area contributed by atoms with E-state index < -0.39 is 18.0 Å². The van der Waals surface area contributed by atoms with E-state index in [2.05, 4.69) is 10.5 Å². The molecule has 0 saturated heterocycles. The lowest BCUT2D eigenvalue weighted by atomic mass is 10.0. The van der Waals surface area contributed by atoms with Gasteiger partial charge in [0.15, 0.2) is 6.10 Å². The lowest BCUT2D eigenvalue weighted by molar-refractivity contribution is -0.127. The van der Waals surface area contributed by atoms with Gasteiger partial charge < -0.3 is 9.47 Å². The Labute approximate surface area is 208 Å². The summed E-state index contributed by atoms with van der Waals surface area (Å²) in [6.07, 6.45) is 0.674. The van der Waals surface area contributed by atoms with Crippen LogP contribution >= 0.6 is 11.6 Å². The molecule has 0 aliphatic carbocycles. The molecule has 0 aliphatic heterocycles. The minimum absolute atomic E-state index is 0.332. The minimum atomic E-state index is -0.792. The Morgan fingerprint density at radius 2 is 1.74 bits per heavy atom. The first-order chi connectivity index (χ1) is 16.9. The first-order valence-corrected chi connectivity index (χ1v) is 11.3. The van der Waals surface area contributed by atoms with Gasteiger partial charge in [-0.05, 0) is 67.1 Å². The Hall–Kier alpha value is -4.16.